The van der Waals surface area contributed by atoms with Crippen LogP contribution in [0.2, 0.25) is 0 Å². The van der Waals surface area contributed by atoms with Crippen LogP contribution in [0.1, 0.15) is 78.6 Å². The third-order valence-corrected chi connectivity index (χ3v) is 10.2. The van der Waals surface area contributed by atoms with Crippen LogP contribution in [0.4, 0.5) is 0 Å². The molecule has 0 aromatic carbocycles. The molecule has 1 N–H and O–H groups in total. The van der Waals surface area contributed by atoms with Crippen LogP contribution in [0.3, 0.4) is 0 Å². The minimum atomic E-state index is -0.704. The van der Waals surface area contributed by atoms with Crippen LogP contribution in [0.15, 0.2) is 24.0 Å². The average Bonchev–Trinajstić information content (AvgIpc) is 3.02. The Labute approximate surface area is 192 Å². The Morgan fingerprint density at radius 1 is 1.03 bits per heavy atom. The van der Waals surface area contributed by atoms with E-state index in [1.54, 1.807) is 19.4 Å². The number of methoxy groups -OCH3 is 1. The van der Waals surface area contributed by atoms with Gasteiger partial charge in [-0.05, 0) is 105 Å². The second-order valence-electron chi connectivity index (χ2n) is 11.3. The molecule has 0 saturated heterocycles. The first-order valence-corrected chi connectivity index (χ1v) is 12.4. The molecule has 4 saturated carbocycles. The first-order valence-electron chi connectivity index (χ1n) is 12.4. The second-order valence-corrected chi connectivity index (χ2v) is 11.3. The van der Waals surface area contributed by atoms with E-state index < -0.39 is 5.60 Å². The summed E-state index contributed by atoms with van der Waals surface area (Å²) in [6, 6.07) is 0. The van der Waals surface area contributed by atoms with Crippen LogP contribution in [-0.2, 0) is 19.1 Å². The van der Waals surface area contributed by atoms with E-state index in [2.05, 4.69) is 13.8 Å². The summed E-state index contributed by atoms with van der Waals surface area (Å²) in [6.45, 7) is 6.20. The number of rotatable bonds is 5. The predicted molar refractivity (Wildman–Crippen MR) is 123 cm³/mol. The summed E-state index contributed by atoms with van der Waals surface area (Å²) < 4.78 is 10.7. The van der Waals surface area contributed by atoms with Crippen molar-refractivity contribution in [3.63, 3.8) is 0 Å². The van der Waals surface area contributed by atoms with Crippen LogP contribution >= 0.6 is 0 Å². The molecule has 0 spiro atoms. The monoisotopic (exact) mass is 444 g/mol. The van der Waals surface area contributed by atoms with Gasteiger partial charge in [-0.2, -0.15) is 0 Å². The molecule has 0 radical (unpaired) electrons. The molecule has 8 atom stereocenters. The Morgan fingerprint density at radius 2 is 1.81 bits per heavy atom. The summed E-state index contributed by atoms with van der Waals surface area (Å²) >= 11 is 0. The summed E-state index contributed by atoms with van der Waals surface area (Å²) in [5.74, 6) is 1.34. The highest BCUT2D eigenvalue weighted by Crippen LogP contribution is 2.69. The Bertz CT molecular complexity index is 802. The van der Waals surface area contributed by atoms with Gasteiger partial charge >= 0.3 is 5.97 Å². The highest BCUT2D eigenvalue weighted by Gasteiger charge is 2.67. The fraction of sp³-hybridized carbons (Fsp3) is 0.778. The van der Waals surface area contributed by atoms with Gasteiger partial charge in [0.25, 0.3) is 0 Å². The maximum atomic E-state index is 12.3. The number of esters is 1. The normalized spacial score (nSPS) is 46.2. The predicted octanol–water partition coefficient (Wildman–Crippen LogP) is 4.98. The van der Waals surface area contributed by atoms with E-state index in [0.29, 0.717) is 17.8 Å². The van der Waals surface area contributed by atoms with Gasteiger partial charge in [0.1, 0.15) is 12.4 Å². The van der Waals surface area contributed by atoms with Crippen molar-refractivity contribution < 1.29 is 24.2 Å². The molecular formula is C27H40O5. The van der Waals surface area contributed by atoms with Crippen molar-refractivity contribution >= 4 is 12.3 Å². The molecule has 0 aliphatic heterocycles. The number of carbonyl (C=O) groups is 2. The molecule has 32 heavy (non-hydrogen) atoms. The van der Waals surface area contributed by atoms with Gasteiger partial charge in [0.2, 0.25) is 0 Å². The zero-order valence-corrected chi connectivity index (χ0v) is 20.1. The van der Waals surface area contributed by atoms with Gasteiger partial charge in [-0.1, -0.05) is 13.8 Å². The van der Waals surface area contributed by atoms with E-state index >= 15 is 0 Å². The van der Waals surface area contributed by atoms with Gasteiger partial charge in [0, 0.05) is 12.3 Å². The van der Waals surface area contributed by atoms with E-state index in [1.165, 1.54) is 6.92 Å². The van der Waals surface area contributed by atoms with Crippen molar-refractivity contribution in [1.82, 2.24) is 0 Å². The number of hydrogen-bond donors (Lipinski definition) is 1. The Hall–Kier alpha value is -1.62. The molecule has 178 valence electrons. The lowest BCUT2D eigenvalue weighted by Crippen LogP contribution is -2.62. The van der Waals surface area contributed by atoms with Crippen LogP contribution in [0, 0.1) is 34.5 Å². The molecule has 4 aliphatic carbocycles. The van der Waals surface area contributed by atoms with E-state index in [1.807, 2.05) is 6.08 Å². The minimum Gasteiger partial charge on any atom is -0.504 e. The Kier molecular flexibility index (Phi) is 6.34. The average molecular weight is 445 g/mol. The summed E-state index contributed by atoms with van der Waals surface area (Å²) in [7, 11) is 1.61. The smallest absolute Gasteiger partial charge is 0.302 e. The number of allylic oxidation sites excluding steroid dienone is 3. The number of ether oxygens (including phenoxy) is 2. The fourth-order valence-corrected chi connectivity index (χ4v) is 8.57. The lowest BCUT2D eigenvalue weighted by atomic mass is 9.43. The van der Waals surface area contributed by atoms with Crippen LogP contribution < -0.4 is 0 Å². The van der Waals surface area contributed by atoms with Gasteiger partial charge in [-0.25, -0.2) is 0 Å². The van der Waals surface area contributed by atoms with E-state index in [-0.39, 0.29) is 28.8 Å². The maximum Gasteiger partial charge on any atom is 0.302 e. The summed E-state index contributed by atoms with van der Waals surface area (Å²) in [5.41, 5.74) is 0.232. The molecule has 0 amide bonds. The molecular weight excluding hydrogens is 404 g/mol. The van der Waals surface area contributed by atoms with Gasteiger partial charge in [0.15, 0.2) is 0 Å². The molecule has 0 aromatic rings. The lowest BCUT2D eigenvalue weighted by Gasteiger charge is -2.63. The van der Waals surface area contributed by atoms with Crippen LogP contribution in [0.25, 0.3) is 0 Å². The van der Waals surface area contributed by atoms with Gasteiger partial charge < -0.3 is 14.6 Å². The quantitative estimate of drug-likeness (QED) is 0.213. The molecule has 4 fully saturated rings. The number of fused-ring (bicyclic) bond motifs is 5. The first kappa shape index (κ1) is 23.5. The van der Waals surface area contributed by atoms with E-state index in [4.69, 9.17) is 9.47 Å². The summed E-state index contributed by atoms with van der Waals surface area (Å²) in [5, 5.41) is 12.3. The molecule has 4 rings (SSSR count). The number of aldehydes is 1. The van der Waals surface area contributed by atoms with E-state index in [9.17, 15) is 14.7 Å². The molecule has 5 nitrogen and oxygen atoms in total. The van der Waals surface area contributed by atoms with Gasteiger partial charge in [0.05, 0.1) is 19.0 Å². The van der Waals surface area contributed by atoms with Crippen molar-refractivity contribution in [2.75, 3.05) is 7.11 Å². The van der Waals surface area contributed by atoms with Crippen molar-refractivity contribution in [2.24, 2.45) is 34.5 Å². The largest absolute Gasteiger partial charge is 0.504 e. The number of aliphatic hydroxyl groups is 1. The topological polar surface area (TPSA) is 72.8 Å². The summed E-state index contributed by atoms with van der Waals surface area (Å²) in [6.07, 6.45) is 15.0. The second kappa shape index (κ2) is 8.62. The SMILES string of the molecule is CO/C=C\C(=C/C=O)C1CCC2(O)C3CCC4CC(OC(C)=O)CCC4(C)C3CCC12C. The maximum absolute atomic E-state index is 12.3. The fourth-order valence-electron chi connectivity index (χ4n) is 8.57. The molecule has 8 unspecified atom stereocenters. The van der Waals surface area contributed by atoms with Gasteiger partial charge in [-0.15, -0.1) is 0 Å². The molecule has 0 bridgehead atoms. The molecule has 0 aromatic heterocycles. The summed E-state index contributed by atoms with van der Waals surface area (Å²) in [4.78, 5) is 22.8. The minimum absolute atomic E-state index is 0.0542. The van der Waals surface area contributed by atoms with Crippen LogP contribution in [0.5, 0.6) is 0 Å². The molecule has 4 aliphatic rings. The first-order chi connectivity index (χ1) is 15.2. The molecule has 5 heteroatoms. The number of hydrogen-bond acceptors (Lipinski definition) is 5. The highest BCUT2D eigenvalue weighted by atomic mass is 16.5. The Morgan fingerprint density at radius 3 is 2.50 bits per heavy atom. The van der Waals surface area contributed by atoms with Crippen molar-refractivity contribution in [2.45, 2.75) is 90.3 Å². The zero-order valence-electron chi connectivity index (χ0n) is 20.1. The van der Waals surface area contributed by atoms with Crippen molar-refractivity contribution in [3.8, 4) is 0 Å². The lowest BCUT2D eigenvalue weighted by molar-refractivity contribution is -0.209. The van der Waals surface area contributed by atoms with Gasteiger partial charge in [-0.3, -0.25) is 9.59 Å². The van der Waals surface area contributed by atoms with Crippen molar-refractivity contribution in [3.05, 3.63) is 24.0 Å². The highest BCUT2D eigenvalue weighted by molar-refractivity contribution is 5.67. The number of carbonyl (C=O) groups excluding carboxylic acids is 2. The zero-order chi connectivity index (χ0) is 23.1. The third-order valence-electron chi connectivity index (χ3n) is 10.2. The standard InChI is InChI=1S/C27H40O5/c1-18(29)32-21-7-12-25(2)20(17-21)5-6-24-23(25)8-13-26(3)22(9-14-27(24,26)30)19(10-15-28)11-16-31-4/h10-11,15-16,20-24,30H,5-9,12-14,17H2,1-4H3/b16-11-,19-10+. The van der Waals surface area contributed by atoms with E-state index in [0.717, 1.165) is 69.6 Å². The third kappa shape index (κ3) is 3.55. The van der Waals surface area contributed by atoms with Crippen LogP contribution in [-0.4, -0.2) is 36.2 Å². The van der Waals surface area contributed by atoms with Crippen molar-refractivity contribution in [1.29, 1.82) is 0 Å². The molecule has 0 heterocycles. The Balaban J connectivity index is 1.59.